The number of esters is 1. The highest BCUT2D eigenvalue weighted by molar-refractivity contribution is 6.31. The average molecular weight is 648 g/mol. The van der Waals surface area contributed by atoms with E-state index in [0.29, 0.717) is 57.0 Å². The van der Waals surface area contributed by atoms with E-state index in [0.717, 1.165) is 33.4 Å². The number of piperidine rings is 1. The molecule has 1 aliphatic carbocycles. The predicted molar refractivity (Wildman–Crippen MR) is 162 cm³/mol. The first-order chi connectivity index (χ1) is 21.5. The second-order valence-electron chi connectivity index (χ2n) is 11.7. The van der Waals surface area contributed by atoms with Gasteiger partial charge >= 0.3 is 12.1 Å². The van der Waals surface area contributed by atoms with Crippen molar-refractivity contribution in [2.45, 2.75) is 44.6 Å². The van der Waals surface area contributed by atoms with Crippen LogP contribution in [-0.2, 0) is 15.7 Å². The number of nitrogens with zero attached hydrogens (tertiary/aromatic N) is 5. The highest BCUT2D eigenvalue weighted by atomic mass is 35.5. The Hall–Kier alpha value is -3.80. The Balaban J connectivity index is 1.20. The van der Waals surface area contributed by atoms with E-state index >= 15 is 0 Å². The third-order valence-corrected chi connectivity index (χ3v) is 9.00. The summed E-state index contributed by atoms with van der Waals surface area (Å²) >= 11 is 6.42. The molecule has 0 spiro atoms. The van der Waals surface area contributed by atoms with Crippen LogP contribution in [0.15, 0.2) is 48.7 Å². The molecule has 45 heavy (non-hydrogen) atoms. The van der Waals surface area contributed by atoms with E-state index in [9.17, 15) is 27.2 Å². The van der Waals surface area contributed by atoms with Gasteiger partial charge < -0.3 is 19.4 Å². The molecule has 0 bridgehead atoms. The van der Waals surface area contributed by atoms with Crippen molar-refractivity contribution in [2.75, 3.05) is 55.7 Å². The lowest BCUT2D eigenvalue weighted by Gasteiger charge is -2.37. The van der Waals surface area contributed by atoms with Gasteiger partial charge in [-0.15, -0.1) is 0 Å². The Labute approximate surface area is 263 Å². The molecule has 1 saturated carbocycles. The second kappa shape index (κ2) is 12.5. The number of amides is 1. The minimum absolute atomic E-state index is 0.0446. The van der Waals surface area contributed by atoms with Crippen LogP contribution >= 0.6 is 11.6 Å². The van der Waals surface area contributed by atoms with Gasteiger partial charge in [-0.25, -0.2) is 9.18 Å². The number of ether oxygens (including phenoxy) is 1. The maximum Gasteiger partial charge on any atom is 0.433 e. The monoisotopic (exact) mass is 647 g/mol. The van der Waals surface area contributed by atoms with Crippen LogP contribution in [0.1, 0.15) is 48.3 Å². The van der Waals surface area contributed by atoms with E-state index in [2.05, 4.69) is 10.00 Å². The summed E-state index contributed by atoms with van der Waals surface area (Å²) in [5, 5.41) is 4.52. The molecule has 1 amide bonds. The first-order valence-electron chi connectivity index (χ1n) is 15.2. The van der Waals surface area contributed by atoms with E-state index in [1.165, 1.54) is 6.92 Å². The molecule has 3 aromatic rings. The van der Waals surface area contributed by atoms with E-state index in [1.807, 2.05) is 41.3 Å². The molecule has 2 saturated heterocycles. The van der Waals surface area contributed by atoms with Crippen LogP contribution in [0, 0.1) is 5.92 Å². The van der Waals surface area contributed by atoms with Crippen molar-refractivity contribution in [3.8, 4) is 11.1 Å². The van der Waals surface area contributed by atoms with Crippen LogP contribution in [0.4, 0.5) is 28.9 Å². The van der Waals surface area contributed by atoms with Crippen LogP contribution in [0.25, 0.3) is 11.1 Å². The van der Waals surface area contributed by atoms with E-state index in [1.54, 1.807) is 11.0 Å². The van der Waals surface area contributed by atoms with Gasteiger partial charge in [0.15, 0.2) is 5.69 Å². The van der Waals surface area contributed by atoms with Gasteiger partial charge in [0.05, 0.1) is 24.8 Å². The molecule has 3 atom stereocenters. The number of aromatic nitrogens is 2. The molecule has 2 aliphatic heterocycles. The van der Waals surface area contributed by atoms with Gasteiger partial charge in [-0.3, -0.25) is 9.48 Å². The Kier molecular flexibility index (Phi) is 8.69. The lowest BCUT2D eigenvalue weighted by molar-refractivity contribution is -0.145. The highest BCUT2D eigenvalue weighted by Gasteiger charge is 2.46. The van der Waals surface area contributed by atoms with Gasteiger partial charge in [0, 0.05) is 61.2 Å². The maximum atomic E-state index is 14.2. The molecule has 2 aromatic carbocycles. The molecule has 3 heterocycles. The molecule has 240 valence electrons. The Morgan fingerprint density at radius 1 is 1.02 bits per heavy atom. The maximum absolute atomic E-state index is 14.2. The number of hydrogen-bond acceptors (Lipinski definition) is 6. The summed E-state index contributed by atoms with van der Waals surface area (Å²) in [5.74, 6) is -1.60. The summed E-state index contributed by atoms with van der Waals surface area (Å²) in [4.78, 5) is 30.7. The van der Waals surface area contributed by atoms with Crippen molar-refractivity contribution in [3.63, 3.8) is 0 Å². The molecule has 3 aliphatic rings. The highest BCUT2D eigenvalue weighted by Crippen LogP contribution is 2.40. The smallest absolute Gasteiger partial charge is 0.433 e. The summed E-state index contributed by atoms with van der Waals surface area (Å²) in [6.45, 7) is 4.76. The summed E-state index contributed by atoms with van der Waals surface area (Å²) in [5.41, 5.74) is 1.92. The Morgan fingerprint density at radius 3 is 2.38 bits per heavy atom. The minimum Gasteiger partial charge on any atom is -0.462 e. The molecular formula is C32H34ClF4N5O3. The van der Waals surface area contributed by atoms with Gasteiger partial charge in [-0.1, -0.05) is 29.8 Å². The number of anilines is 2. The molecule has 13 heteroatoms. The summed E-state index contributed by atoms with van der Waals surface area (Å²) in [6, 6.07) is 12.9. The largest absolute Gasteiger partial charge is 0.462 e. The zero-order chi connectivity index (χ0) is 31.9. The Morgan fingerprint density at radius 2 is 1.73 bits per heavy atom. The van der Waals surface area contributed by atoms with Gasteiger partial charge in [-0.05, 0) is 56.0 Å². The zero-order valence-corrected chi connectivity index (χ0v) is 25.5. The minimum atomic E-state index is -4.79. The van der Waals surface area contributed by atoms with Gasteiger partial charge in [0.2, 0.25) is 5.91 Å². The SMILES string of the molecule is CCOC(=O)c1cnn(C2CCCN(c3cc(Cl)ccc3-c3ccc(N4CCN(C(=O)[C@H]5C[C@H]5F)CC4)cc3)C2)c1C(F)(F)F. The van der Waals surface area contributed by atoms with Crippen LogP contribution in [0.5, 0.6) is 0 Å². The van der Waals surface area contributed by atoms with Crippen molar-refractivity contribution in [1.82, 2.24) is 14.7 Å². The quantitative estimate of drug-likeness (QED) is 0.223. The molecule has 6 rings (SSSR count). The van der Waals surface area contributed by atoms with Crippen LogP contribution in [0.3, 0.4) is 0 Å². The molecule has 0 radical (unpaired) electrons. The van der Waals surface area contributed by atoms with Crippen LogP contribution in [-0.4, -0.2) is 78.6 Å². The molecule has 0 N–H and O–H groups in total. The second-order valence-corrected chi connectivity index (χ2v) is 12.1. The number of alkyl halides is 4. The fraction of sp³-hybridized carbons (Fsp3) is 0.469. The Bertz CT molecular complexity index is 1560. The number of hydrogen-bond donors (Lipinski definition) is 0. The summed E-state index contributed by atoms with van der Waals surface area (Å²) < 4.78 is 61.7. The lowest BCUT2D eigenvalue weighted by Crippen LogP contribution is -2.49. The topological polar surface area (TPSA) is 70.9 Å². The number of benzene rings is 2. The number of carbonyl (C=O) groups excluding carboxylic acids is 2. The average Bonchev–Trinajstić information content (AvgIpc) is 3.58. The number of rotatable bonds is 7. The molecule has 1 aromatic heterocycles. The fourth-order valence-corrected chi connectivity index (χ4v) is 6.52. The molecule has 3 fully saturated rings. The van der Waals surface area contributed by atoms with Gasteiger partial charge in [0.25, 0.3) is 0 Å². The molecule has 1 unspecified atom stereocenters. The lowest BCUT2D eigenvalue weighted by atomic mass is 9.99. The first kappa shape index (κ1) is 31.2. The first-order valence-corrected chi connectivity index (χ1v) is 15.6. The van der Waals surface area contributed by atoms with Crippen LogP contribution in [0.2, 0.25) is 5.02 Å². The molecular weight excluding hydrogens is 614 g/mol. The van der Waals surface area contributed by atoms with Gasteiger partial charge in [-0.2, -0.15) is 18.3 Å². The zero-order valence-electron chi connectivity index (χ0n) is 24.8. The normalized spacial score (nSPS) is 22.0. The van der Waals surface area contributed by atoms with Crippen molar-refractivity contribution in [3.05, 3.63) is 64.9 Å². The standard InChI is InChI=1S/C32H34ClF4N5O3/c1-2-45-31(44)26-18-38-42(29(26)32(35,36)37)23-4-3-11-41(19-23)28-16-21(33)7-10-24(28)20-5-8-22(9-6-20)39-12-14-40(15-13-39)30(43)25-17-27(25)34/h5-10,16,18,23,25,27H,2-4,11-15,17,19H2,1H3/t23?,25-,27+/m0/s1. The van der Waals surface area contributed by atoms with Crippen LogP contribution < -0.4 is 9.80 Å². The summed E-state index contributed by atoms with van der Waals surface area (Å²) in [7, 11) is 0. The number of halogens is 5. The van der Waals surface area contributed by atoms with Gasteiger partial charge in [0.1, 0.15) is 11.7 Å². The summed E-state index contributed by atoms with van der Waals surface area (Å²) in [6.07, 6.45) is -3.44. The van der Waals surface area contributed by atoms with Crippen molar-refractivity contribution >= 4 is 34.9 Å². The number of piperazine rings is 1. The third kappa shape index (κ3) is 6.47. The molecule has 8 nitrogen and oxygen atoms in total. The third-order valence-electron chi connectivity index (χ3n) is 8.77. The van der Waals surface area contributed by atoms with E-state index in [4.69, 9.17) is 16.3 Å². The van der Waals surface area contributed by atoms with E-state index in [-0.39, 0.29) is 19.1 Å². The van der Waals surface area contributed by atoms with Crippen molar-refractivity contribution in [1.29, 1.82) is 0 Å². The van der Waals surface area contributed by atoms with E-state index < -0.39 is 41.5 Å². The number of carbonyl (C=O) groups is 2. The van der Waals surface area contributed by atoms with Crippen molar-refractivity contribution < 1.29 is 31.9 Å². The fourth-order valence-electron chi connectivity index (χ4n) is 6.35. The van der Waals surface area contributed by atoms with Crippen molar-refractivity contribution in [2.24, 2.45) is 5.92 Å². The predicted octanol–water partition coefficient (Wildman–Crippen LogP) is 6.25.